The van der Waals surface area contributed by atoms with Crippen molar-refractivity contribution in [3.05, 3.63) is 39.4 Å². The van der Waals surface area contributed by atoms with Crippen molar-refractivity contribution in [1.82, 2.24) is 24.8 Å². The largest absolute Gasteiger partial charge is 0.337 e. The topological polar surface area (TPSA) is 79.3 Å². The minimum Gasteiger partial charge on any atom is -0.337 e. The molecule has 4 rings (SSSR count). The van der Waals surface area contributed by atoms with Crippen molar-refractivity contribution < 1.29 is 9.59 Å². The van der Waals surface area contributed by atoms with Crippen LogP contribution in [0, 0.1) is 26.2 Å². The Kier molecular flexibility index (Phi) is 4.91. The van der Waals surface area contributed by atoms with Gasteiger partial charge in [-0.05, 0) is 33.6 Å². The summed E-state index contributed by atoms with van der Waals surface area (Å²) < 4.78 is 0. The second-order valence-electron chi connectivity index (χ2n) is 8.01. The first kappa shape index (κ1) is 19.0. The van der Waals surface area contributed by atoms with Gasteiger partial charge in [0.2, 0.25) is 5.91 Å². The van der Waals surface area contributed by atoms with Crippen LogP contribution in [0.3, 0.4) is 0 Å². The number of nitrogens with zero attached hydrogens (tertiary/aromatic N) is 5. The summed E-state index contributed by atoms with van der Waals surface area (Å²) in [4.78, 5) is 42.1. The predicted octanol–water partition coefficient (Wildman–Crippen LogP) is 2.51. The fourth-order valence-electron chi connectivity index (χ4n) is 4.22. The van der Waals surface area contributed by atoms with E-state index in [1.54, 1.807) is 11.3 Å². The number of carbonyl (C=O) groups is 2. The van der Waals surface area contributed by atoms with E-state index in [0.717, 1.165) is 41.3 Å². The SMILES string of the molecule is Cc1nc(CN2CC3(CCN(C(=O)c4ncnc(C)c4C)CC3)CC2=O)cs1. The number of hydrogen-bond donors (Lipinski definition) is 0. The van der Waals surface area contributed by atoms with Gasteiger partial charge in [0.1, 0.15) is 12.0 Å². The first-order chi connectivity index (χ1) is 13.4. The second kappa shape index (κ2) is 7.24. The Hall–Kier alpha value is -2.35. The normalized spacial score (nSPS) is 18.9. The molecule has 0 aliphatic carbocycles. The van der Waals surface area contributed by atoms with E-state index in [0.29, 0.717) is 31.7 Å². The maximum Gasteiger partial charge on any atom is 0.272 e. The highest BCUT2D eigenvalue weighted by molar-refractivity contribution is 7.09. The summed E-state index contributed by atoms with van der Waals surface area (Å²) in [5.41, 5.74) is 3.12. The minimum absolute atomic E-state index is 0.0183. The van der Waals surface area contributed by atoms with E-state index in [1.807, 2.05) is 36.0 Å². The molecule has 28 heavy (non-hydrogen) atoms. The van der Waals surface area contributed by atoms with Crippen LogP contribution in [0.5, 0.6) is 0 Å². The van der Waals surface area contributed by atoms with Crippen molar-refractivity contribution in [2.75, 3.05) is 19.6 Å². The Morgan fingerprint density at radius 3 is 2.64 bits per heavy atom. The fourth-order valence-corrected chi connectivity index (χ4v) is 4.83. The standard InChI is InChI=1S/C20H25N5O2S/c1-13-14(2)21-12-22-18(13)19(27)24-6-4-20(5-7-24)8-17(26)25(11-20)9-16-10-28-15(3)23-16/h10,12H,4-9,11H2,1-3H3. The lowest BCUT2D eigenvalue weighted by Gasteiger charge is -2.38. The summed E-state index contributed by atoms with van der Waals surface area (Å²) in [6, 6.07) is 0. The molecule has 0 unspecified atom stereocenters. The Morgan fingerprint density at radius 1 is 1.21 bits per heavy atom. The molecule has 2 fully saturated rings. The van der Waals surface area contributed by atoms with E-state index in [9.17, 15) is 9.59 Å². The molecule has 2 aliphatic rings. The van der Waals surface area contributed by atoms with E-state index in [2.05, 4.69) is 15.0 Å². The lowest BCUT2D eigenvalue weighted by molar-refractivity contribution is -0.128. The molecule has 0 aromatic carbocycles. The van der Waals surface area contributed by atoms with Gasteiger partial charge in [-0.25, -0.2) is 15.0 Å². The lowest BCUT2D eigenvalue weighted by atomic mass is 9.77. The zero-order chi connectivity index (χ0) is 19.9. The number of likely N-dealkylation sites (tertiary alicyclic amines) is 2. The van der Waals surface area contributed by atoms with E-state index >= 15 is 0 Å². The summed E-state index contributed by atoms with van der Waals surface area (Å²) in [5, 5.41) is 3.06. The molecule has 0 bridgehead atoms. The molecule has 0 saturated carbocycles. The van der Waals surface area contributed by atoms with Gasteiger partial charge in [-0.15, -0.1) is 11.3 Å². The van der Waals surface area contributed by atoms with Crippen LogP contribution < -0.4 is 0 Å². The molecule has 7 nitrogen and oxygen atoms in total. The third kappa shape index (κ3) is 3.53. The van der Waals surface area contributed by atoms with Gasteiger partial charge in [0.05, 0.1) is 17.2 Å². The molecule has 2 amide bonds. The fraction of sp³-hybridized carbons (Fsp3) is 0.550. The van der Waals surface area contributed by atoms with E-state index in [4.69, 9.17) is 0 Å². The quantitative estimate of drug-likeness (QED) is 0.792. The Labute approximate surface area is 168 Å². The van der Waals surface area contributed by atoms with Crippen LogP contribution in [0.1, 0.15) is 51.7 Å². The van der Waals surface area contributed by atoms with Crippen molar-refractivity contribution in [3.63, 3.8) is 0 Å². The second-order valence-corrected chi connectivity index (χ2v) is 9.07. The number of hydrogen-bond acceptors (Lipinski definition) is 6. The Morgan fingerprint density at radius 2 is 1.96 bits per heavy atom. The summed E-state index contributed by atoms with van der Waals surface area (Å²) in [7, 11) is 0. The van der Waals surface area contributed by atoms with Gasteiger partial charge in [-0.1, -0.05) is 0 Å². The smallest absolute Gasteiger partial charge is 0.272 e. The van der Waals surface area contributed by atoms with Crippen molar-refractivity contribution in [2.45, 2.75) is 46.6 Å². The predicted molar refractivity (Wildman–Crippen MR) is 106 cm³/mol. The average molecular weight is 400 g/mol. The highest BCUT2D eigenvalue weighted by atomic mass is 32.1. The highest BCUT2D eigenvalue weighted by Gasteiger charge is 2.45. The number of thiazole rings is 1. The van der Waals surface area contributed by atoms with Crippen LogP contribution in [0.15, 0.2) is 11.7 Å². The molecule has 148 valence electrons. The third-order valence-corrected chi connectivity index (χ3v) is 6.90. The highest BCUT2D eigenvalue weighted by Crippen LogP contribution is 2.41. The maximum atomic E-state index is 12.9. The molecule has 0 N–H and O–H groups in total. The van der Waals surface area contributed by atoms with Gasteiger partial charge >= 0.3 is 0 Å². The first-order valence-corrected chi connectivity index (χ1v) is 10.5. The van der Waals surface area contributed by atoms with Crippen molar-refractivity contribution in [1.29, 1.82) is 0 Å². The van der Waals surface area contributed by atoms with Crippen LogP contribution in [0.25, 0.3) is 0 Å². The van der Waals surface area contributed by atoms with Crippen LogP contribution in [-0.2, 0) is 11.3 Å². The average Bonchev–Trinajstić information content (AvgIpc) is 3.21. The molecule has 0 radical (unpaired) electrons. The Balaban J connectivity index is 1.40. The molecule has 1 spiro atoms. The van der Waals surface area contributed by atoms with Crippen molar-refractivity contribution in [2.24, 2.45) is 5.41 Å². The van der Waals surface area contributed by atoms with Gasteiger partial charge in [0, 0.05) is 48.1 Å². The Bertz CT molecular complexity index is 917. The number of aryl methyl sites for hydroxylation is 2. The summed E-state index contributed by atoms with van der Waals surface area (Å²) >= 11 is 1.62. The van der Waals surface area contributed by atoms with E-state index in [-0.39, 0.29) is 17.2 Å². The molecular formula is C20H25N5O2S. The van der Waals surface area contributed by atoms with Gasteiger partial charge < -0.3 is 9.80 Å². The third-order valence-electron chi connectivity index (χ3n) is 6.07. The van der Waals surface area contributed by atoms with E-state index < -0.39 is 0 Å². The van der Waals surface area contributed by atoms with Crippen LogP contribution >= 0.6 is 11.3 Å². The zero-order valence-electron chi connectivity index (χ0n) is 16.6. The number of piperidine rings is 1. The first-order valence-electron chi connectivity index (χ1n) is 9.63. The van der Waals surface area contributed by atoms with Gasteiger partial charge in [0.15, 0.2) is 0 Å². The van der Waals surface area contributed by atoms with Crippen molar-refractivity contribution >= 4 is 23.2 Å². The summed E-state index contributed by atoms with van der Waals surface area (Å²) in [6.45, 7) is 8.44. The van der Waals surface area contributed by atoms with Gasteiger partial charge in [-0.3, -0.25) is 9.59 Å². The van der Waals surface area contributed by atoms with Crippen LogP contribution in [0.4, 0.5) is 0 Å². The molecule has 2 aromatic rings. The maximum absolute atomic E-state index is 12.9. The van der Waals surface area contributed by atoms with Crippen molar-refractivity contribution in [3.8, 4) is 0 Å². The molecule has 2 aromatic heterocycles. The molecular weight excluding hydrogens is 374 g/mol. The minimum atomic E-state index is -0.0306. The molecule has 4 heterocycles. The molecule has 8 heteroatoms. The van der Waals surface area contributed by atoms with E-state index in [1.165, 1.54) is 6.33 Å². The molecule has 2 saturated heterocycles. The van der Waals surface area contributed by atoms with Crippen LogP contribution in [-0.4, -0.2) is 56.2 Å². The molecule has 2 aliphatic heterocycles. The van der Waals surface area contributed by atoms with Gasteiger partial charge in [-0.2, -0.15) is 0 Å². The monoisotopic (exact) mass is 399 g/mol. The number of amides is 2. The van der Waals surface area contributed by atoms with Gasteiger partial charge in [0.25, 0.3) is 5.91 Å². The lowest BCUT2D eigenvalue weighted by Crippen LogP contribution is -2.44. The van der Waals surface area contributed by atoms with Crippen LogP contribution in [0.2, 0.25) is 0 Å². The summed E-state index contributed by atoms with van der Waals surface area (Å²) in [6.07, 6.45) is 3.72. The number of rotatable bonds is 3. The zero-order valence-corrected chi connectivity index (χ0v) is 17.4. The molecule has 0 atom stereocenters. The number of carbonyl (C=O) groups excluding carboxylic acids is 2. The number of aromatic nitrogens is 3. The summed E-state index contributed by atoms with van der Waals surface area (Å²) in [5.74, 6) is 0.171.